The van der Waals surface area contributed by atoms with Gasteiger partial charge in [0.2, 0.25) is 11.2 Å². The monoisotopic (exact) mass is 477 g/mol. The van der Waals surface area contributed by atoms with Crippen molar-refractivity contribution in [1.82, 2.24) is 0 Å². The second-order valence-electron chi connectivity index (χ2n) is 7.91. The second kappa shape index (κ2) is 10.0. The van der Waals surface area contributed by atoms with Gasteiger partial charge in [-0.05, 0) is 67.3 Å². The van der Waals surface area contributed by atoms with Gasteiger partial charge < -0.3 is 19.2 Å². The van der Waals surface area contributed by atoms with Crippen molar-refractivity contribution in [3.05, 3.63) is 92.8 Å². The molecule has 0 saturated carbocycles. The number of anilines is 1. The highest BCUT2D eigenvalue weighted by atomic mass is 35.5. The van der Waals surface area contributed by atoms with E-state index < -0.39 is 0 Å². The number of benzene rings is 3. The molecule has 1 heterocycles. The van der Waals surface area contributed by atoms with Gasteiger partial charge in [-0.3, -0.25) is 9.59 Å². The van der Waals surface area contributed by atoms with E-state index in [9.17, 15) is 9.59 Å². The van der Waals surface area contributed by atoms with E-state index in [1.54, 1.807) is 30.3 Å². The van der Waals surface area contributed by atoms with Gasteiger partial charge >= 0.3 is 0 Å². The predicted octanol–water partition coefficient (Wildman–Crippen LogP) is 6.44. The fourth-order valence-corrected chi connectivity index (χ4v) is 3.74. The molecule has 6 nitrogen and oxygen atoms in total. The maximum atomic E-state index is 12.9. The van der Waals surface area contributed by atoms with Crippen LogP contribution in [0.2, 0.25) is 5.02 Å². The number of fused-ring (bicyclic) bond motifs is 1. The summed E-state index contributed by atoms with van der Waals surface area (Å²) >= 11 is 6.20. The number of halogens is 1. The average molecular weight is 478 g/mol. The molecule has 1 aromatic heterocycles. The number of amides is 1. The van der Waals surface area contributed by atoms with Gasteiger partial charge in [0.1, 0.15) is 23.3 Å². The Morgan fingerprint density at radius 1 is 1.03 bits per heavy atom. The van der Waals surface area contributed by atoms with Crippen LogP contribution in [0.25, 0.3) is 11.0 Å². The van der Waals surface area contributed by atoms with Crippen LogP contribution in [0.4, 0.5) is 5.69 Å². The topological polar surface area (TPSA) is 77.8 Å². The van der Waals surface area contributed by atoms with Gasteiger partial charge in [0.05, 0.1) is 5.39 Å². The quantitative estimate of drug-likeness (QED) is 0.331. The number of rotatable bonds is 7. The lowest BCUT2D eigenvalue weighted by Crippen LogP contribution is -2.20. The van der Waals surface area contributed by atoms with Crippen molar-refractivity contribution in [3.63, 3.8) is 0 Å². The van der Waals surface area contributed by atoms with Crippen LogP contribution in [0.3, 0.4) is 0 Å². The standard InChI is InChI=1S/C27H24ClNO5/c1-4-18-7-5-6-8-22(18)29-25(30)15-32-19-9-10-21-23(13-19)33-14-24(27(21)31)34-20-11-16(2)26(28)17(3)12-20/h5-14H,4,15H2,1-3H3,(H,29,30). The summed E-state index contributed by atoms with van der Waals surface area (Å²) in [5.41, 5.74) is 3.53. The molecule has 0 fully saturated rings. The molecule has 0 atom stereocenters. The number of hydrogen-bond donors (Lipinski definition) is 1. The van der Waals surface area contributed by atoms with E-state index in [0.717, 1.165) is 28.8 Å². The highest BCUT2D eigenvalue weighted by Crippen LogP contribution is 2.29. The number of nitrogens with one attached hydrogen (secondary N) is 1. The Labute approximate surface area is 202 Å². The van der Waals surface area contributed by atoms with E-state index >= 15 is 0 Å². The molecule has 0 aliphatic heterocycles. The highest BCUT2D eigenvalue weighted by molar-refractivity contribution is 6.32. The summed E-state index contributed by atoms with van der Waals surface area (Å²) in [5.74, 6) is 0.699. The largest absolute Gasteiger partial charge is 0.484 e. The van der Waals surface area contributed by atoms with Crippen molar-refractivity contribution in [2.75, 3.05) is 11.9 Å². The third-order valence-electron chi connectivity index (χ3n) is 5.39. The van der Waals surface area contributed by atoms with E-state index in [2.05, 4.69) is 5.32 Å². The molecule has 0 spiro atoms. The summed E-state index contributed by atoms with van der Waals surface area (Å²) < 4.78 is 17.0. The minimum atomic E-state index is -0.313. The lowest BCUT2D eigenvalue weighted by atomic mass is 10.1. The molecule has 7 heteroatoms. The van der Waals surface area contributed by atoms with Gasteiger partial charge in [0, 0.05) is 16.8 Å². The molecule has 0 radical (unpaired) electrons. The molecule has 0 bridgehead atoms. The number of carbonyl (C=O) groups is 1. The van der Waals surface area contributed by atoms with Crippen LogP contribution < -0.4 is 20.2 Å². The van der Waals surface area contributed by atoms with Crippen molar-refractivity contribution in [3.8, 4) is 17.2 Å². The molecular weight excluding hydrogens is 454 g/mol. The van der Waals surface area contributed by atoms with Crippen LogP contribution in [-0.2, 0) is 11.2 Å². The van der Waals surface area contributed by atoms with Gasteiger partial charge in [0.25, 0.3) is 5.91 Å². The van der Waals surface area contributed by atoms with Crippen molar-refractivity contribution in [2.45, 2.75) is 27.2 Å². The Morgan fingerprint density at radius 3 is 2.50 bits per heavy atom. The number of carbonyl (C=O) groups excluding carboxylic acids is 1. The van der Waals surface area contributed by atoms with E-state index in [-0.39, 0.29) is 23.7 Å². The van der Waals surface area contributed by atoms with E-state index in [4.69, 9.17) is 25.5 Å². The minimum absolute atomic E-state index is 0.0660. The van der Waals surface area contributed by atoms with Crippen LogP contribution >= 0.6 is 11.6 Å². The van der Waals surface area contributed by atoms with Gasteiger partial charge in [-0.2, -0.15) is 0 Å². The predicted molar refractivity (Wildman–Crippen MR) is 133 cm³/mol. The molecule has 3 aromatic carbocycles. The maximum Gasteiger partial charge on any atom is 0.262 e. The highest BCUT2D eigenvalue weighted by Gasteiger charge is 2.13. The van der Waals surface area contributed by atoms with Crippen molar-refractivity contribution < 1.29 is 18.7 Å². The van der Waals surface area contributed by atoms with E-state index in [1.807, 2.05) is 45.0 Å². The first-order valence-electron chi connectivity index (χ1n) is 10.9. The Balaban J connectivity index is 1.47. The maximum absolute atomic E-state index is 12.9. The van der Waals surface area contributed by atoms with Crippen LogP contribution in [0, 0.1) is 13.8 Å². The molecule has 0 saturated heterocycles. The molecule has 4 aromatic rings. The van der Waals surface area contributed by atoms with Crippen LogP contribution in [0.1, 0.15) is 23.6 Å². The zero-order chi connectivity index (χ0) is 24.2. The molecular formula is C27H24ClNO5. The van der Waals surface area contributed by atoms with E-state index in [1.165, 1.54) is 6.26 Å². The summed E-state index contributed by atoms with van der Waals surface area (Å²) in [6.45, 7) is 5.59. The van der Waals surface area contributed by atoms with Gasteiger partial charge in [-0.15, -0.1) is 0 Å². The second-order valence-corrected chi connectivity index (χ2v) is 8.29. The van der Waals surface area contributed by atoms with Crippen LogP contribution in [0.5, 0.6) is 17.2 Å². The smallest absolute Gasteiger partial charge is 0.262 e. The Hall–Kier alpha value is -3.77. The third-order valence-corrected chi connectivity index (χ3v) is 5.99. The molecule has 0 aliphatic carbocycles. The number of aryl methyl sites for hydroxylation is 3. The van der Waals surface area contributed by atoms with Gasteiger partial charge in [-0.25, -0.2) is 0 Å². The molecule has 0 unspecified atom stereocenters. The number of ether oxygens (including phenoxy) is 2. The van der Waals surface area contributed by atoms with Gasteiger partial charge in [-0.1, -0.05) is 36.7 Å². The lowest BCUT2D eigenvalue weighted by molar-refractivity contribution is -0.118. The molecule has 1 N–H and O–H groups in total. The minimum Gasteiger partial charge on any atom is -0.484 e. The summed E-state index contributed by atoms with van der Waals surface area (Å²) in [6, 6.07) is 15.9. The van der Waals surface area contributed by atoms with Crippen molar-refractivity contribution >= 4 is 34.2 Å². The van der Waals surface area contributed by atoms with Gasteiger partial charge in [0.15, 0.2) is 6.61 Å². The summed E-state index contributed by atoms with van der Waals surface area (Å²) in [7, 11) is 0. The molecule has 4 rings (SSSR count). The van der Waals surface area contributed by atoms with E-state index in [0.29, 0.717) is 27.5 Å². The van der Waals surface area contributed by atoms with Crippen LogP contribution in [-0.4, -0.2) is 12.5 Å². The average Bonchev–Trinajstić information content (AvgIpc) is 2.83. The zero-order valence-corrected chi connectivity index (χ0v) is 19.9. The molecule has 1 amide bonds. The summed E-state index contributed by atoms with van der Waals surface area (Å²) in [4.78, 5) is 25.2. The first kappa shape index (κ1) is 23.4. The van der Waals surface area contributed by atoms with Crippen LogP contribution in [0.15, 0.2) is 70.1 Å². The normalized spacial score (nSPS) is 10.8. The summed E-state index contributed by atoms with van der Waals surface area (Å²) in [5, 5.41) is 3.86. The number of para-hydroxylation sites is 1. The van der Waals surface area contributed by atoms with Crippen molar-refractivity contribution in [1.29, 1.82) is 0 Å². The first-order chi connectivity index (χ1) is 16.4. The van der Waals surface area contributed by atoms with Crippen molar-refractivity contribution in [2.24, 2.45) is 0 Å². The zero-order valence-electron chi connectivity index (χ0n) is 19.1. The Morgan fingerprint density at radius 2 is 1.76 bits per heavy atom. The fourth-order valence-electron chi connectivity index (χ4n) is 3.63. The number of hydrogen-bond acceptors (Lipinski definition) is 5. The Kier molecular flexibility index (Phi) is 6.89. The SMILES string of the molecule is CCc1ccccc1NC(=O)COc1ccc2c(=O)c(Oc3cc(C)c(Cl)c(C)c3)coc2c1. The Bertz CT molecular complexity index is 1400. The fraction of sp³-hybridized carbons (Fsp3) is 0.185. The third kappa shape index (κ3) is 5.07. The molecule has 34 heavy (non-hydrogen) atoms. The first-order valence-corrected chi connectivity index (χ1v) is 11.2. The molecule has 174 valence electrons. The summed E-state index contributed by atoms with van der Waals surface area (Å²) in [6.07, 6.45) is 2.08. The lowest BCUT2D eigenvalue weighted by Gasteiger charge is -2.11. The molecule has 0 aliphatic rings.